The van der Waals surface area contributed by atoms with E-state index in [1.807, 2.05) is 12.1 Å². The fourth-order valence-corrected chi connectivity index (χ4v) is 2.78. The third-order valence-electron chi connectivity index (χ3n) is 3.99. The van der Waals surface area contributed by atoms with Gasteiger partial charge in [-0.1, -0.05) is 18.9 Å². The van der Waals surface area contributed by atoms with Crippen molar-refractivity contribution in [3.05, 3.63) is 29.8 Å². The molecule has 3 rings (SSSR count). The lowest BCUT2D eigenvalue weighted by molar-refractivity contribution is 0.156. The van der Waals surface area contributed by atoms with E-state index in [1.54, 1.807) is 0 Å². The number of piperazine rings is 1. The van der Waals surface area contributed by atoms with Crippen LogP contribution in [0.15, 0.2) is 18.3 Å². The van der Waals surface area contributed by atoms with Gasteiger partial charge in [0.05, 0.1) is 0 Å². The van der Waals surface area contributed by atoms with Gasteiger partial charge in [0.1, 0.15) is 0 Å². The maximum atomic E-state index is 13.9. The average molecular weight is 249 g/mol. The van der Waals surface area contributed by atoms with Crippen molar-refractivity contribution < 1.29 is 4.39 Å². The van der Waals surface area contributed by atoms with Crippen LogP contribution >= 0.6 is 0 Å². The molecule has 0 amide bonds. The second kappa shape index (κ2) is 5.33. The summed E-state index contributed by atoms with van der Waals surface area (Å²) in [5.41, 5.74) is 0.784. The largest absolute Gasteiger partial charge is 0.314 e. The molecule has 0 aromatic carbocycles. The molecular formula is C14H20FN3. The van der Waals surface area contributed by atoms with Crippen LogP contribution in [0, 0.1) is 11.9 Å². The monoisotopic (exact) mass is 249 g/mol. The van der Waals surface area contributed by atoms with Crippen molar-refractivity contribution in [1.29, 1.82) is 0 Å². The molecule has 0 radical (unpaired) electrons. The summed E-state index contributed by atoms with van der Waals surface area (Å²) in [4.78, 5) is 6.23. The maximum absolute atomic E-state index is 13.9. The lowest BCUT2D eigenvalue weighted by Crippen LogP contribution is -2.45. The molecule has 0 spiro atoms. The molecular weight excluding hydrogens is 229 g/mol. The zero-order valence-corrected chi connectivity index (χ0v) is 10.6. The molecule has 98 valence electrons. The molecule has 1 saturated carbocycles. The topological polar surface area (TPSA) is 28.2 Å². The summed E-state index contributed by atoms with van der Waals surface area (Å²) in [6.45, 7) is 4.02. The van der Waals surface area contributed by atoms with E-state index in [2.05, 4.69) is 15.2 Å². The minimum Gasteiger partial charge on any atom is -0.314 e. The summed E-state index contributed by atoms with van der Waals surface area (Å²) >= 11 is 0. The van der Waals surface area contributed by atoms with Gasteiger partial charge in [0.25, 0.3) is 0 Å². The molecule has 2 fully saturated rings. The number of nitrogens with zero attached hydrogens (tertiary/aromatic N) is 2. The highest BCUT2D eigenvalue weighted by atomic mass is 19.1. The van der Waals surface area contributed by atoms with Crippen LogP contribution in [0.3, 0.4) is 0 Å². The Labute approximate surface area is 107 Å². The van der Waals surface area contributed by atoms with Gasteiger partial charge in [-0.05, 0) is 18.4 Å². The number of halogens is 1. The van der Waals surface area contributed by atoms with E-state index in [4.69, 9.17) is 0 Å². The van der Waals surface area contributed by atoms with Gasteiger partial charge in [0.2, 0.25) is 5.95 Å². The minimum absolute atomic E-state index is 0.216. The van der Waals surface area contributed by atoms with Crippen molar-refractivity contribution in [1.82, 2.24) is 15.2 Å². The van der Waals surface area contributed by atoms with E-state index in [0.29, 0.717) is 0 Å². The molecule has 2 aliphatic rings. The van der Waals surface area contributed by atoms with Gasteiger partial charge in [0.15, 0.2) is 0 Å². The fourth-order valence-electron chi connectivity index (χ4n) is 2.78. The SMILES string of the molecule is Fc1ncccc1[C@@H](CC1CC1)N1CCNCC1. The highest BCUT2D eigenvalue weighted by Gasteiger charge is 2.31. The van der Waals surface area contributed by atoms with Crippen molar-refractivity contribution in [3.63, 3.8) is 0 Å². The Morgan fingerprint density at radius 3 is 2.83 bits per heavy atom. The molecule has 3 nitrogen and oxygen atoms in total. The number of rotatable bonds is 4. The molecule has 1 atom stereocenters. The van der Waals surface area contributed by atoms with Crippen LogP contribution in [-0.4, -0.2) is 36.1 Å². The number of aromatic nitrogens is 1. The Hall–Kier alpha value is -1.00. The van der Waals surface area contributed by atoms with Gasteiger partial charge < -0.3 is 5.32 Å². The third kappa shape index (κ3) is 2.70. The standard InChI is InChI=1S/C14H20FN3/c15-14-12(2-1-5-17-14)13(10-11-3-4-11)18-8-6-16-7-9-18/h1-2,5,11,13,16H,3-4,6-10H2/t13-/m1/s1. The molecule has 2 heterocycles. The van der Waals surface area contributed by atoms with Crippen molar-refractivity contribution in [3.8, 4) is 0 Å². The zero-order chi connectivity index (χ0) is 12.4. The fraction of sp³-hybridized carbons (Fsp3) is 0.643. The van der Waals surface area contributed by atoms with Crippen molar-refractivity contribution in [2.45, 2.75) is 25.3 Å². The minimum atomic E-state index is -0.290. The van der Waals surface area contributed by atoms with Crippen LogP contribution in [0.25, 0.3) is 0 Å². The van der Waals surface area contributed by atoms with E-state index in [9.17, 15) is 4.39 Å². The summed E-state index contributed by atoms with van der Waals surface area (Å²) in [6, 6.07) is 3.96. The number of nitrogens with one attached hydrogen (secondary N) is 1. The first-order valence-corrected chi connectivity index (χ1v) is 6.90. The van der Waals surface area contributed by atoms with E-state index in [-0.39, 0.29) is 12.0 Å². The Morgan fingerprint density at radius 1 is 1.39 bits per heavy atom. The van der Waals surface area contributed by atoms with Crippen molar-refractivity contribution in [2.75, 3.05) is 26.2 Å². The highest BCUT2D eigenvalue weighted by molar-refractivity contribution is 5.17. The van der Waals surface area contributed by atoms with Crippen LogP contribution in [0.4, 0.5) is 4.39 Å². The Balaban J connectivity index is 1.81. The molecule has 0 bridgehead atoms. The van der Waals surface area contributed by atoms with Crippen LogP contribution in [0.2, 0.25) is 0 Å². The summed E-state index contributed by atoms with van der Waals surface area (Å²) in [7, 11) is 0. The van der Waals surface area contributed by atoms with Crippen molar-refractivity contribution in [2.24, 2.45) is 5.92 Å². The van der Waals surface area contributed by atoms with E-state index < -0.39 is 0 Å². The van der Waals surface area contributed by atoms with E-state index in [0.717, 1.165) is 44.1 Å². The van der Waals surface area contributed by atoms with Crippen LogP contribution in [0.1, 0.15) is 30.9 Å². The first-order chi connectivity index (χ1) is 8.84. The van der Waals surface area contributed by atoms with Crippen LogP contribution < -0.4 is 5.32 Å². The quantitative estimate of drug-likeness (QED) is 0.827. The van der Waals surface area contributed by atoms with Gasteiger partial charge >= 0.3 is 0 Å². The maximum Gasteiger partial charge on any atom is 0.217 e. The summed E-state index contributed by atoms with van der Waals surface area (Å²) in [5.74, 6) is 0.506. The first-order valence-electron chi connectivity index (χ1n) is 6.90. The third-order valence-corrected chi connectivity index (χ3v) is 3.99. The molecule has 1 N–H and O–H groups in total. The molecule has 4 heteroatoms. The first kappa shape index (κ1) is 12.1. The van der Waals surface area contributed by atoms with Crippen molar-refractivity contribution >= 4 is 0 Å². The molecule has 1 aromatic heterocycles. The lowest BCUT2D eigenvalue weighted by atomic mass is 10.00. The van der Waals surface area contributed by atoms with Gasteiger partial charge in [0, 0.05) is 44.0 Å². The zero-order valence-electron chi connectivity index (χ0n) is 10.6. The average Bonchev–Trinajstić information content (AvgIpc) is 3.22. The summed E-state index contributed by atoms with van der Waals surface area (Å²) < 4.78 is 13.9. The Morgan fingerprint density at radius 2 is 2.17 bits per heavy atom. The highest BCUT2D eigenvalue weighted by Crippen LogP contribution is 2.40. The second-order valence-electron chi connectivity index (χ2n) is 5.36. The van der Waals surface area contributed by atoms with Gasteiger partial charge in [-0.15, -0.1) is 0 Å². The lowest BCUT2D eigenvalue weighted by Gasteiger charge is -2.35. The van der Waals surface area contributed by atoms with Gasteiger partial charge in [-0.2, -0.15) is 4.39 Å². The van der Waals surface area contributed by atoms with Crippen LogP contribution in [-0.2, 0) is 0 Å². The predicted molar refractivity (Wildman–Crippen MR) is 68.7 cm³/mol. The molecule has 1 aliphatic carbocycles. The van der Waals surface area contributed by atoms with Gasteiger partial charge in [-0.3, -0.25) is 4.90 Å². The van der Waals surface area contributed by atoms with Crippen LogP contribution in [0.5, 0.6) is 0 Å². The number of hydrogen-bond acceptors (Lipinski definition) is 3. The smallest absolute Gasteiger partial charge is 0.217 e. The van der Waals surface area contributed by atoms with E-state index >= 15 is 0 Å². The second-order valence-corrected chi connectivity index (χ2v) is 5.36. The summed E-state index contributed by atoms with van der Waals surface area (Å²) in [5, 5.41) is 3.35. The molecule has 18 heavy (non-hydrogen) atoms. The Kier molecular flexibility index (Phi) is 3.57. The molecule has 1 aliphatic heterocycles. The summed E-state index contributed by atoms with van der Waals surface area (Å²) in [6.07, 6.45) is 5.24. The molecule has 1 saturated heterocycles. The predicted octanol–water partition coefficient (Wildman–Crippen LogP) is 1.97. The molecule has 0 unspecified atom stereocenters. The number of pyridine rings is 1. The molecule has 1 aromatic rings. The van der Waals surface area contributed by atoms with E-state index in [1.165, 1.54) is 19.0 Å². The number of hydrogen-bond donors (Lipinski definition) is 1. The van der Waals surface area contributed by atoms with Gasteiger partial charge in [-0.25, -0.2) is 4.98 Å². The normalized spacial score (nSPS) is 22.9. The Bertz CT molecular complexity index is 400.